The van der Waals surface area contributed by atoms with E-state index in [1.165, 1.54) is 6.20 Å². The van der Waals surface area contributed by atoms with Gasteiger partial charge in [-0.3, -0.25) is 0 Å². The van der Waals surface area contributed by atoms with Gasteiger partial charge in [0.1, 0.15) is 10.0 Å². The Morgan fingerprint density at radius 2 is 1.94 bits per heavy atom. The summed E-state index contributed by atoms with van der Waals surface area (Å²) >= 11 is 9.10. The molecule has 0 atom stereocenters. The molecule has 0 bridgehead atoms. The van der Waals surface area contributed by atoms with E-state index in [-0.39, 0.29) is 10.0 Å². The number of hydrogen-bond acceptors (Lipinski definition) is 3. The van der Waals surface area contributed by atoms with Crippen molar-refractivity contribution in [1.29, 1.82) is 0 Å². The van der Waals surface area contributed by atoms with E-state index < -0.39 is 15.6 Å². The molecule has 96 valence electrons. The van der Waals surface area contributed by atoms with Crippen LogP contribution < -0.4 is 4.72 Å². The molecule has 0 amide bonds. The van der Waals surface area contributed by atoms with E-state index in [4.69, 9.17) is 11.6 Å². The van der Waals surface area contributed by atoms with Crippen LogP contribution in [0.5, 0.6) is 0 Å². The highest BCUT2D eigenvalue weighted by molar-refractivity contribution is 9.10. The smallest absolute Gasteiger partial charge is 0.242 e. The van der Waals surface area contributed by atoms with E-state index in [0.717, 1.165) is 0 Å². The summed E-state index contributed by atoms with van der Waals surface area (Å²) in [4.78, 5) is 3.85. The second-order valence-electron chi connectivity index (χ2n) is 4.71. The first-order chi connectivity index (χ1) is 7.54. The minimum absolute atomic E-state index is 0.0171. The van der Waals surface area contributed by atoms with Gasteiger partial charge in [0.25, 0.3) is 0 Å². The van der Waals surface area contributed by atoms with E-state index in [1.54, 1.807) is 27.7 Å². The van der Waals surface area contributed by atoms with Crippen LogP contribution in [0, 0.1) is 6.92 Å². The molecule has 17 heavy (non-hydrogen) atoms. The standard InChI is InChI=1S/C10H14BrClN2O2S/c1-6-7(11)5-13-9(12)8(6)17(15,16)14-10(2,3)4/h5,14H,1-4H3. The minimum atomic E-state index is -3.68. The van der Waals surface area contributed by atoms with Crippen molar-refractivity contribution in [1.82, 2.24) is 9.71 Å². The highest BCUT2D eigenvalue weighted by Crippen LogP contribution is 2.28. The highest BCUT2D eigenvalue weighted by Gasteiger charge is 2.27. The van der Waals surface area contributed by atoms with Gasteiger partial charge in [0.15, 0.2) is 0 Å². The van der Waals surface area contributed by atoms with Crippen LogP contribution >= 0.6 is 27.5 Å². The monoisotopic (exact) mass is 340 g/mol. The van der Waals surface area contributed by atoms with Gasteiger partial charge >= 0.3 is 0 Å². The maximum atomic E-state index is 12.2. The van der Waals surface area contributed by atoms with Gasteiger partial charge in [-0.05, 0) is 49.2 Å². The molecule has 1 aromatic heterocycles. The molecule has 0 aliphatic carbocycles. The summed E-state index contributed by atoms with van der Waals surface area (Å²) in [5, 5.41) is -0.0255. The van der Waals surface area contributed by atoms with Crippen molar-refractivity contribution in [3.63, 3.8) is 0 Å². The fraction of sp³-hybridized carbons (Fsp3) is 0.500. The van der Waals surface area contributed by atoms with Crippen LogP contribution in [0.25, 0.3) is 0 Å². The molecule has 0 saturated heterocycles. The Balaban J connectivity index is 3.39. The molecular formula is C10H14BrClN2O2S. The average molecular weight is 342 g/mol. The van der Waals surface area contributed by atoms with Gasteiger partial charge in [-0.25, -0.2) is 18.1 Å². The predicted octanol–water partition coefficient (Wildman–Crippen LogP) is 2.88. The van der Waals surface area contributed by atoms with Gasteiger partial charge in [0.05, 0.1) is 0 Å². The number of halogens is 2. The maximum absolute atomic E-state index is 12.2. The lowest BCUT2D eigenvalue weighted by Crippen LogP contribution is -2.40. The molecule has 4 nitrogen and oxygen atoms in total. The summed E-state index contributed by atoms with van der Waals surface area (Å²) in [6.07, 6.45) is 1.48. The molecule has 1 heterocycles. The Labute approximate surface area is 115 Å². The van der Waals surface area contributed by atoms with Crippen LogP contribution in [0.1, 0.15) is 26.3 Å². The van der Waals surface area contributed by atoms with Gasteiger partial charge in [-0.1, -0.05) is 11.6 Å². The highest BCUT2D eigenvalue weighted by atomic mass is 79.9. The Morgan fingerprint density at radius 3 is 2.41 bits per heavy atom. The van der Waals surface area contributed by atoms with Crippen LogP contribution in [-0.4, -0.2) is 18.9 Å². The number of rotatable bonds is 2. The lowest BCUT2D eigenvalue weighted by molar-refractivity contribution is 0.491. The summed E-state index contributed by atoms with van der Waals surface area (Å²) < 4.78 is 27.5. The Bertz CT molecular complexity index is 538. The van der Waals surface area contributed by atoms with Crippen LogP contribution in [-0.2, 0) is 10.0 Å². The molecule has 1 N–H and O–H groups in total. The van der Waals surface area contributed by atoms with E-state index in [1.807, 2.05) is 0 Å². The second kappa shape index (κ2) is 4.84. The lowest BCUT2D eigenvalue weighted by Gasteiger charge is -2.21. The first-order valence-corrected chi connectivity index (χ1v) is 7.54. The fourth-order valence-corrected chi connectivity index (χ4v) is 3.92. The molecule has 0 saturated carbocycles. The molecule has 0 radical (unpaired) electrons. The molecular weight excluding hydrogens is 328 g/mol. The van der Waals surface area contributed by atoms with Crippen LogP contribution in [0.3, 0.4) is 0 Å². The Kier molecular flexibility index (Phi) is 4.24. The van der Waals surface area contributed by atoms with Crippen molar-refractivity contribution in [2.45, 2.75) is 38.1 Å². The van der Waals surface area contributed by atoms with Crippen molar-refractivity contribution >= 4 is 37.6 Å². The zero-order valence-electron chi connectivity index (χ0n) is 10.0. The molecule has 0 aromatic carbocycles. The summed E-state index contributed by atoms with van der Waals surface area (Å²) in [5.74, 6) is 0. The van der Waals surface area contributed by atoms with Gasteiger partial charge in [-0.2, -0.15) is 0 Å². The van der Waals surface area contributed by atoms with Crippen LogP contribution in [0.2, 0.25) is 5.15 Å². The van der Waals surface area contributed by atoms with Gasteiger partial charge in [-0.15, -0.1) is 0 Å². The molecule has 0 unspecified atom stereocenters. The summed E-state index contributed by atoms with van der Waals surface area (Å²) in [6.45, 7) is 6.96. The van der Waals surface area contributed by atoms with E-state index in [0.29, 0.717) is 10.0 Å². The van der Waals surface area contributed by atoms with E-state index in [9.17, 15) is 8.42 Å². The number of nitrogens with one attached hydrogen (secondary N) is 1. The SMILES string of the molecule is Cc1c(Br)cnc(Cl)c1S(=O)(=O)NC(C)(C)C. The van der Waals surface area contributed by atoms with Crippen molar-refractivity contribution < 1.29 is 8.42 Å². The molecule has 0 aliphatic heterocycles. The first kappa shape index (κ1) is 14.9. The normalized spacial score (nSPS) is 12.8. The zero-order valence-corrected chi connectivity index (χ0v) is 13.2. The minimum Gasteiger partial charge on any atom is -0.242 e. The van der Waals surface area contributed by atoms with Gasteiger partial charge < -0.3 is 0 Å². The third-order valence-electron chi connectivity index (χ3n) is 1.89. The van der Waals surface area contributed by atoms with Crippen LogP contribution in [0.15, 0.2) is 15.6 Å². The third kappa shape index (κ3) is 3.64. The van der Waals surface area contributed by atoms with Gasteiger partial charge in [0, 0.05) is 16.2 Å². The Morgan fingerprint density at radius 1 is 1.41 bits per heavy atom. The summed E-state index contributed by atoms with van der Waals surface area (Å²) in [7, 11) is -3.68. The third-order valence-corrected chi connectivity index (χ3v) is 5.00. The molecule has 0 fully saturated rings. The van der Waals surface area contributed by atoms with Crippen molar-refractivity contribution in [3.05, 3.63) is 21.4 Å². The number of pyridine rings is 1. The topological polar surface area (TPSA) is 59.1 Å². The van der Waals surface area contributed by atoms with Gasteiger partial charge in [0.2, 0.25) is 10.0 Å². The average Bonchev–Trinajstić information content (AvgIpc) is 2.07. The van der Waals surface area contributed by atoms with E-state index in [2.05, 4.69) is 25.6 Å². The second-order valence-corrected chi connectivity index (χ2v) is 7.54. The Hall–Kier alpha value is -0.170. The molecule has 1 rings (SSSR count). The molecule has 0 spiro atoms. The lowest BCUT2D eigenvalue weighted by atomic mass is 10.1. The largest absolute Gasteiger partial charge is 0.244 e. The molecule has 7 heteroatoms. The maximum Gasteiger partial charge on any atom is 0.244 e. The number of hydrogen-bond donors (Lipinski definition) is 1. The van der Waals surface area contributed by atoms with Crippen molar-refractivity contribution in [3.8, 4) is 0 Å². The first-order valence-electron chi connectivity index (χ1n) is 4.89. The quantitative estimate of drug-likeness (QED) is 0.841. The van der Waals surface area contributed by atoms with Crippen molar-refractivity contribution in [2.24, 2.45) is 0 Å². The molecule has 0 aliphatic rings. The summed E-state index contributed by atoms with van der Waals surface area (Å²) in [5.41, 5.74) is -0.0292. The fourth-order valence-electron chi connectivity index (χ4n) is 1.30. The van der Waals surface area contributed by atoms with Crippen LogP contribution in [0.4, 0.5) is 0 Å². The summed E-state index contributed by atoms with van der Waals surface area (Å²) in [6, 6.07) is 0. The number of aromatic nitrogens is 1. The number of sulfonamides is 1. The van der Waals surface area contributed by atoms with Crippen molar-refractivity contribution in [2.75, 3.05) is 0 Å². The van der Waals surface area contributed by atoms with E-state index >= 15 is 0 Å². The molecule has 1 aromatic rings. The zero-order chi connectivity index (χ0) is 13.4. The number of nitrogens with zero attached hydrogens (tertiary/aromatic N) is 1. The predicted molar refractivity (Wildman–Crippen MR) is 71.8 cm³/mol.